The van der Waals surface area contributed by atoms with E-state index >= 15 is 0 Å². The number of hydrogen-bond acceptors (Lipinski definition) is 3. The molecule has 0 unspecified atom stereocenters. The van der Waals surface area contributed by atoms with E-state index in [0.717, 1.165) is 11.4 Å². The Morgan fingerprint density at radius 1 is 1.67 bits per heavy atom. The summed E-state index contributed by atoms with van der Waals surface area (Å²) in [6, 6.07) is 0. The van der Waals surface area contributed by atoms with E-state index in [0.29, 0.717) is 6.42 Å². The Hall–Kier alpha value is -0.480. The van der Waals surface area contributed by atoms with Gasteiger partial charge in [0.2, 0.25) is 0 Å². The molecule has 0 aliphatic carbocycles. The summed E-state index contributed by atoms with van der Waals surface area (Å²) in [7, 11) is 0. The monoisotopic (exact) mass is 143 g/mol. The van der Waals surface area contributed by atoms with Crippen molar-refractivity contribution in [3.05, 3.63) is 10.5 Å². The second kappa shape index (κ2) is 3.53. The van der Waals surface area contributed by atoms with Gasteiger partial charge in [-0.25, -0.2) is 5.11 Å². The normalized spacial score (nSPS) is 9.89. The predicted octanol–water partition coefficient (Wildman–Crippen LogP) is 0.901. The molecule has 1 aromatic heterocycles. The van der Waals surface area contributed by atoms with Crippen LogP contribution < -0.4 is 0 Å². The van der Waals surface area contributed by atoms with Crippen molar-refractivity contribution in [3.63, 3.8) is 0 Å². The average Bonchev–Trinajstić information content (AvgIpc) is 2.34. The first kappa shape index (κ1) is 6.64. The molecule has 0 atom stereocenters. The molecule has 0 spiro atoms. The molecule has 0 aliphatic heterocycles. The van der Waals surface area contributed by atoms with Gasteiger partial charge in [0.25, 0.3) is 0 Å². The summed E-state index contributed by atoms with van der Waals surface area (Å²) in [5.41, 5.74) is 1.68. The maximum Gasteiger partial charge on any atom is 0.117 e. The van der Waals surface area contributed by atoms with Crippen LogP contribution in [0, 0.1) is 0 Å². The van der Waals surface area contributed by atoms with Crippen molar-refractivity contribution in [2.24, 2.45) is 0 Å². The number of rotatable bonds is 3. The van der Waals surface area contributed by atoms with Gasteiger partial charge in [0.1, 0.15) is 10.5 Å². The predicted molar refractivity (Wildman–Crippen MR) is 33.8 cm³/mol. The van der Waals surface area contributed by atoms with Crippen LogP contribution in [0.3, 0.4) is 0 Å². The Bertz CT molecular complexity index is 152. The van der Waals surface area contributed by atoms with Gasteiger partial charge < -0.3 is 0 Å². The van der Waals surface area contributed by atoms with Crippen molar-refractivity contribution in [1.29, 1.82) is 0 Å². The van der Waals surface area contributed by atoms with Crippen LogP contribution in [0.2, 0.25) is 0 Å². The smallest absolute Gasteiger partial charge is 0.117 e. The molecule has 1 heterocycles. The molecule has 0 fully saturated rings. The van der Waals surface area contributed by atoms with Crippen LogP contribution in [-0.4, -0.2) is 16.8 Å². The molecule has 0 bridgehead atoms. The van der Waals surface area contributed by atoms with E-state index in [9.17, 15) is 5.11 Å². The van der Waals surface area contributed by atoms with Crippen LogP contribution in [0.15, 0.2) is 5.51 Å². The first-order valence-corrected chi connectivity index (χ1v) is 3.64. The standard InChI is InChI=1S/C5H7N2OS/c8-3-1-2-5-7-6-4-9-5/h4H,1-3H2. The van der Waals surface area contributed by atoms with Crippen molar-refractivity contribution >= 4 is 11.3 Å². The topological polar surface area (TPSA) is 45.7 Å². The summed E-state index contributed by atoms with van der Waals surface area (Å²) in [5, 5.41) is 18.4. The van der Waals surface area contributed by atoms with Gasteiger partial charge in [0, 0.05) is 6.42 Å². The van der Waals surface area contributed by atoms with Gasteiger partial charge in [0.15, 0.2) is 0 Å². The number of aryl methyl sites for hydroxylation is 1. The fraction of sp³-hybridized carbons (Fsp3) is 0.600. The molecule has 9 heavy (non-hydrogen) atoms. The zero-order chi connectivity index (χ0) is 6.53. The lowest BCUT2D eigenvalue weighted by Gasteiger charge is -1.86. The van der Waals surface area contributed by atoms with Crippen molar-refractivity contribution in [2.75, 3.05) is 6.61 Å². The summed E-state index contributed by atoms with van der Waals surface area (Å²) < 4.78 is 0. The van der Waals surface area contributed by atoms with E-state index < -0.39 is 0 Å². The lowest BCUT2D eigenvalue weighted by molar-refractivity contribution is 0.189. The van der Waals surface area contributed by atoms with Gasteiger partial charge in [-0.05, 0) is 6.42 Å². The zero-order valence-electron chi connectivity index (χ0n) is 4.91. The van der Waals surface area contributed by atoms with E-state index in [4.69, 9.17) is 0 Å². The van der Waals surface area contributed by atoms with E-state index in [-0.39, 0.29) is 6.61 Å². The Kier molecular flexibility index (Phi) is 2.60. The molecule has 0 amide bonds. The Morgan fingerprint density at radius 3 is 3.11 bits per heavy atom. The lowest BCUT2D eigenvalue weighted by atomic mass is 10.3. The van der Waals surface area contributed by atoms with Crippen molar-refractivity contribution < 1.29 is 5.11 Å². The molecule has 0 aliphatic rings. The Balaban J connectivity index is 2.30. The maximum atomic E-state index is 9.98. The summed E-state index contributed by atoms with van der Waals surface area (Å²) in [6.45, 7) is -0.0143. The van der Waals surface area contributed by atoms with Gasteiger partial charge in [0.05, 0.1) is 6.61 Å². The van der Waals surface area contributed by atoms with E-state index in [1.807, 2.05) is 0 Å². The zero-order valence-corrected chi connectivity index (χ0v) is 5.73. The third kappa shape index (κ3) is 2.07. The highest BCUT2D eigenvalue weighted by atomic mass is 32.1. The highest BCUT2D eigenvalue weighted by Crippen LogP contribution is 2.03. The molecule has 0 saturated heterocycles. The average molecular weight is 143 g/mol. The van der Waals surface area contributed by atoms with E-state index in [1.54, 1.807) is 5.51 Å². The molecular formula is C5H7N2OS. The van der Waals surface area contributed by atoms with Crippen molar-refractivity contribution in [2.45, 2.75) is 12.8 Å². The second-order valence-electron chi connectivity index (χ2n) is 1.64. The minimum atomic E-state index is -0.0143. The van der Waals surface area contributed by atoms with Crippen molar-refractivity contribution in [3.8, 4) is 0 Å². The Morgan fingerprint density at radius 2 is 2.56 bits per heavy atom. The maximum absolute atomic E-state index is 9.98. The Labute approximate surface area is 57.4 Å². The summed E-state index contributed by atoms with van der Waals surface area (Å²) in [5.74, 6) is 0. The summed E-state index contributed by atoms with van der Waals surface area (Å²) in [4.78, 5) is 0. The van der Waals surface area contributed by atoms with Crippen LogP contribution in [0.25, 0.3) is 0 Å². The first-order valence-electron chi connectivity index (χ1n) is 2.76. The van der Waals surface area contributed by atoms with Crippen LogP contribution in [-0.2, 0) is 11.5 Å². The van der Waals surface area contributed by atoms with Gasteiger partial charge >= 0.3 is 0 Å². The van der Waals surface area contributed by atoms with Gasteiger partial charge in [-0.2, -0.15) is 0 Å². The number of nitrogens with zero attached hydrogens (tertiary/aromatic N) is 2. The van der Waals surface area contributed by atoms with Crippen molar-refractivity contribution in [1.82, 2.24) is 10.2 Å². The van der Waals surface area contributed by atoms with Gasteiger partial charge in [-0.1, -0.05) is 0 Å². The first-order chi connectivity index (χ1) is 4.43. The molecule has 0 saturated carbocycles. The van der Waals surface area contributed by atoms with Crippen LogP contribution in [0.1, 0.15) is 11.4 Å². The van der Waals surface area contributed by atoms with Crippen LogP contribution in [0.5, 0.6) is 0 Å². The molecule has 1 rings (SSSR count). The van der Waals surface area contributed by atoms with Crippen LogP contribution >= 0.6 is 11.3 Å². The third-order valence-electron chi connectivity index (χ3n) is 0.940. The molecule has 0 N–H and O–H groups in total. The minimum Gasteiger partial charge on any atom is -0.237 e. The largest absolute Gasteiger partial charge is 0.237 e. The SMILES string of the molecule is [O]CCCc1nncs1. The third-order valence-corrected chi connectivity index (χ3v) is 1.70. The fourth-order valence-electron chi connectivity index (χ4n) is 0.528. The molecular weight excluding hydrogens is 136 g/mol. The molecule has 49 valence electrons. The van der Waals surface area contributed by atoms with E-state index in [2.05, 4.69) is 10.2 Å². The molecule has 3 nitrogen and oxygen atoms in total. The molecule has 1 radical (unpaired) electrons. The summed E-state index contributed by atoms with van der Waals surface area (Å²) in [6.07, 6.45) is 1.46. The second-order valence-corrected chi connectivity index (χ2v) is 2.56. The quantitative estimate of drug-likeness (QED) is 0.631. The molecule has 0 aromatic carbocycles. The lowest BCUT2D eigenvalue weighted by Crippen LogP contribution is -1.86. The molecule has 1 aromatic rings. The van der Waals surface area contributed by atoms with E-state index in [1.165, 1.54) is 11.3 Å². The van der Waals surface area contributed by atoms with Gasteiger partial charge in [-0.15, -0.1) is 21.5 Å². The highest BCUT2D eigenvalue weighted by molar-refractivity contribution is 7.09. The minimum absolute atomic E-state index is 0.0143. The number of aromatic nitrogens is 2. The fourth-order valence-corrected chi connectivity index (χ4v) is 1.10. The van der Waals surface area contributed by atoms with Gasteiger partial charge in [-0.3, -0.25) is 0 Å². The summed E-state index contributed by atoms with van der Waals surface area (Å²) >= 11 is 1.50. The number of hydrogen-bond donors (Lipinski definition) is 0. The highest BCUT2D eigenvalue weighted by Gasteiger charge is 1.93. The van der Waals surface area contributed by atoms with Crippen LogP contribution in [0.4, 0.5) is 0 Å². The molecule has 4 heteroatoms.